The van der Waals surface area contributed by atoms with E-state index in [1.54, 1.807) is 5.82 Å². The van der Waals surface area contributed by atoms with Gasteiger partial charge in [0.1, 0.15) is 0 Å². The maximum atomic E-state index is 11.0. The van der Waals surface area contributed by atoms with Crippen molar-refractivity contribution in [3.05, 3.63) is 11.4 Å². The molecule has 5 nitrogen and oxygen atoms in total. The summed E-state index contributed by atoms with van der Waals surface area (Å²) >= 11 is 0. The Morgan fingerprint density at radius 2 is 1.55 bits per heavy atom. The average Bonchev–Trinajstić information content (AvgIpc) is 2.39. The number of hydrogen-bond donors (Lipinski definition) is 1. The van der Waals surface area contributed by atoms with Crippen LogP contribution in [0.25, 0.3) is 0 Å². The quantitative estimate of drug-likeness (QED) is 0.333. The van der Waals surface area contributed by atoms with Crippen LogP contribution in [0.1, 0.15) is 53.4 Å². The number of carboxylic acid groups (broad SMARTS) is 1. The van der Waals surface area contributed by atoms with E-state index in [2.05, 4.69) is 13.8 Å². The molecule has 0 saturated heterocycles. The Labute approximate surface area is 122 Å². The van der Waals surface area contributed by atoms with E-state index < -0.39 is 13.9 Å². The van der Waals surface area contributed by atoms with Crippen molar-refractivity contribution in [1.29, 1.82) is 0 Å². The summed E-state index contributed by atoms with van der Waals surface area (Å²) in [5.41, 5.74) is 0.207. The summed E-state index contributed by atoms with van der Waals surface area (Å²) in [6.45, 7) is 9.03. The Balaban J connectivity index is 4.98. The minimum absolute atomic E-state index is 0.207. The first-order valence-corrected chi connectivity index (χ1v) is 9.16. The average molecular weight is 308 g/mol. The maximum absolute atomic E-state index is 11.0. The van der Waals surface area contributed by atoms with Gasteiger partial charge < -0.3 is 0 Å². The van der Waals surface area contributed by atoms with Gasteiger partial charge in [-0.3, -0.25) is 0 Å². The van der Waals surface area contributed by atoms with Crippen molar-refractivity contribution in [3.63, 3.8) is 0 Å². The minimum atomic E-state index is -3.04. The molecule has 0 aliphatic heterocycles. The van der Waals surface area contributed by atoms with Crippen LogP contribution in [0.15, 0.2) is 11.4 Å². The Hall–Kier alpha value is -0.480. The van der Waals surface area contributed by atoms with E-state index in [0.29, 0.717) is 19.8 Å². The summed E-state index contributed by atoms with van der Waals surface area (Å²) in [5, 5.41) is 9.04. The number of rotatable bonds is 12. The number of carboxylic acids is 1. The molecule has 0 amide bonds. The molecule has 0 aromatic rings. The molecule has 1 N–H and O–H groups in total. The molecular formula is C14H29O5P. The van der Waals surface area contributed by atoms with Crippen LogP contribution in [0.4, 0.5) is 0 Å². The SMILES string of the molecule is CCCCO[PH](C=C(C)C(=O)O)(OCC)OCCCC. The van der Waals surface area contributed by atoms with E-state index in [1.165, 1.54) is 6.92 Å². The summed E-state index contributed by atoms with van der Waals surface area (Å²) in [6.07, 6.45) is 3.82. The Kier molecular flexibility index (Phi) is 10.9. The van der Waals surface area contributed by atoms with Crippen molar-refractivity contribution < 1.29 is 23.5 Å². The third-order valence-electron chi connectivity index (χ3n) is 2.68. The van der Waals surface area contributed by atoms with Crippen molar-refractivity contribution in [3.8, 4) is 0 Å². The zero-order valence-corrected chi connectivity index (χ0v) is 14.1. The van der Waals surface area contributed by atoms with Gasteiger partial charge >= 0.3 is 122 Å². The van der Waals surface area contributed by atoms with Gasteiger partial charge in [0.2, 0.25) is 0 Å². The van der Waals surface area contributed by atoms with E-state index >= 15 is 0 Å². The second kappa shape index (κ2) is 11.2. The molecule has 120 valence electrons. The van der Waals surface area contributed by atoms with E-state index in [4.69, 9.17) is 18.7 Å². The zero-order valence-electron chi connectivity index (χ0n) is 13.1. The fourth-order valence-corrected chi connectivity index (χ4v) is 3.91. The van der Waals surface area contributed by atoms with Crippen molar-refractivity contribution in [1.82, 2.24) is 0 Å². The van der Waals surface area contributed by atoms with Crippen LogP contribution in [0, 0.1) is 0 Å². The Bertz CT molecular complexity index is 294. The van der Waals surface area contributed by atoms with Crippen molar-refractivity contribution in [2.24, 2.45) is 0 Å². The van der Waals surface area contributed by atoms with Crippen LogP contribution < -0.4 is 0 Å². The summed E-state index contributed by atoms with van der Waals surface area (Å²) in [4.78, 5) is 11.0. The Morgan fingerprint density at radius 1 is 1.05 bits per heavy atom. The van der Waals surface area contributed by atoms with Gasteiger partial charge in [0, 0.05) is 0 Å². The van der Waals surface area contributed by atoms with Gasteiger partial charge in [-0.25, -0.2) is 0 Å². The number of aliphatic carboxylic acids is 1. The van der Waals surface area contributed by atoms with Crippen LogP contribution in [-0.4, -0.2) is 30.9 Å². The van der Waals surface area contributed by atoms with Gasteiger partial charge in [-0.1, -0.05) is 0 Å². The zero-order chi connectivity index (χ0) is 15.4. The molecule has 0 aromatic carbocycles. The van der Waals surface area contributed by atoms with Gasteiger partial charge in [-0.05, 0) is 0 Å². The van der Waals surface area contributed by atoms with Crippen molar-refractivity contribution >= 4 is 13.9 Å². The molecule has 6 heteroatoms. The third-order valence-corrected chi connectivity index (χ3v) is 5.37. The standard InChI is InChI=1S/C14H29O5P/c1-5-8-10-18-20(17-7-3,19-11-9-6-2)12-13(4)14(15)16/h12,20H,5-11H2,1-4H3,(H,15,16). The first-order valence-electron chi connectivity index (χ1n) is 7.35. The van der Waals surface area contributed by atoms with Crippen LogP contribution in [0.2, 0.25) is 0 Å². The fourth-order valence-electron chi connectivity index (χ4n) is 1.50. The van der Waals surface area contributed by atoms with E-state index in [1.807, 2.05) is 6.92 Å². The molecule has 0 unspecified atom stereocenters. The molecule has 20 heavy (non-hydrogen) atoms. The summed E-state index contributed by atoms with van der Waals surface area (Å²) < 4.78 is 17.4. The monoisotopic (exact) mass is 308 g/mol. The predicted molar refractivity (Wildman–Crippen MR) is 83.1 cm³/mol. The normalized spacial score (nSPS) is 13.5. The van der Waals surface area contributed by atoms with E-state index in [-0.39, 0.29) is 5.57 Å². The molecule has 0 aromatic heterocycles. The second-order valence-corrected chi connectivity index (χ2v) is 6.93. The molecule has 0 aliphatic rings. The van der Waals surface area contributed by atoms with E-state index in [9.17, 15) is 4.79 Å². The fraction of sp³-hybridized carbons (Fsp3) is 0.786. The van der Waals surface area contributed by atoms with Gasteiger partial charge in [-0.15, -0.1) is 0 Å². The van der Waals surface area contributed by atoms with E-state index in [0.717, 1.165) is 25.7 Å². The summed E-state index contributed by atoms with van der Waals surface area (Å²) in [5.74, 6) is 0.573. The molecular weight excluding hydrogens is 279 g/mol. The molecule has 0 rings (SSSR count). The summed E-state index contributed by atoms with van der Waals surface area (Å²) in [7, 11) is -3.04. The number of carbonyl (C=O) groups is 1. The van der Waals surface area contributed by atoms with Crippen LogP contribution in [0.5, 0.6) is 0 Å². The van der Waals surface area contributed by atoms with Gasteiger partial charge in [0.05, 0.1) is 0 Å². The Morgan fingerprint density at radius 3 is 1.90 bits per heavy atom. The molecule has 0 atom stereocenters. The topological polar surface area (TPSA) is 65.0 Å². The van der Waals surface area contributed by atoms with Crippen LogP contribution in [-0.2, 0) is 18.4 Å². The first-order chi connectivity index (χ1) is 9.51. The van der Waals surface area contributed by atoms with Crippen molar-refractivity contribution in [2.75, 3.05) is 19.8 Å². The summed E-state index contributed by atoms with van der Waals surface area (Å²) in [6, 6.07) is 0. The first kappa shape index (κ1) is 19.5. The molecule has 0 saturated carbocycles. The molecule has 0 spiro atoms. The second-order valence-electron chi connectivity index (χ2n) is 4.57. The molecule has 0 heterocycles. The van der Waals surface area contributed by atoms with Gasteiger partial charge in [0.25, 0.3) is 0 Å². The molecule has 0 fully saturated rings. The number of hydrogen-bond acceptors (Lipinski definition) is 4. The molecule has 0 bridgehead atoms. The number of unbranched alkanes of at least 4 members (excludes halogenated alkanes) is 2. The third kappa shape index (κ3) is 7.95. The predicted octanol–water partition coefficient (Wildman–Crippen LogP) is 4.14. The van der Waals surface area contributed by atoms with Crippen LogP contribution in [0.3, 0.4) is 0 Å². The van der Waals surface area contributed by atoms with Crippen LogP contribution >= 0.6 is 7.94 Å². The van der Waals surface area contributed by atoms with Gasteiger partial charge in [-0.2, -0.15) is 0 Å². The molecule has 0 radical (unpaired) electrons. The van der Waals surface area contributed by atoms with Crippen molar-refractivity contribution in [2.45, 2.75) is 53.4 Å². The van der Waals surface area contributed by atoms with Gasteiger partial charge in [0.15, 0.2) is 0 Å². The molecule has 0 aliphatic carbocycles.